The third-order valence-electron chi connectivity index (χ3n) is 3.40. The van der Waals surface area contributed by atoms with Crippen molar-refractivity contribution in [2.45, 2.75) is 19.4 Å². The quantitative estimate of drug-likeness (QED) is 0.793. The number of para-hydroxylation sites is 1. The molecule has 0 saturated carbocycles. The zero-order valence-electron chi connectivity index (χ0n) is 10.3. The van der Waals surface area contributed by atoms with Gasteiger partial charge in [0.1, 0.15) is 0 Å². The predicted molar refractivity (Wildman–Crippen MR) is 69.4 cm³/mol. The van der Waals surface area contributed by atoms with E-state index in [1.807, 2.05) is 25.1 Å². The van der Waals surface area contributed by atoms with Gasteiger partial charge in [-0.2, -0.15) is 0 Å². The minimum atomic E-state index is -0.204. The number of rotatable bonds is 2. The monoisotopic (exact) mass is 244 g/mol. The Kier molecular flexibility index (Phi) is 2.80. The maximum absolute atomic E-state index is 12.0. The van der Waals surface area contributed by atoms with Crippen LogP contribution in [0.25, 0.3) is 10.9 Å². The zero-order valence-corrected chi connectivity index (χ0v) is 10.3. The van der Waals surface area contributed by atoms with E-state index < -0.39 is 0 Å². The fraction of sp³-hybridized carbons (Fsp3) is 0.357. The van der Waals surface area contributed by atoms with Crippen LogP contribution in [0, 0.1) is 0 Å². The first kappa shape index (κ1) is 11.3. The molecule has 1 aromatic heterocycles. The van der Waals surface area contributed by atoms with Crippen LogP contribution in [-0.4, -0.2) is 24.1 Å². The van der Waals surface area contributed by atoms with Crippen LogP contribution in [0.15, 0.2) is 24.3 Å². The van der Waals surface area contributed by atoms with Gasteiger partial charge >= 0.3 is 5.97 Å². The van der Waals surface area contributed by atoms with E-state index in [9.17, 15) is 4.79 Å². The Hall–Kier alpha value is -1.81. The number of nitrogens with one attached hydrogen (secondary N) is 2. The van der Waals surface area contributed by atoms with Crippen molar-refractivity contribution in [3.63, 3.8) is 0 Å². The van der Waals surface area contributed by atoms with E-state index in [4.69, 9.17) is 4.74 Å². The first-order valence-electron chi connectivity index (χ1n) is 6.28. The van der Waals surface area contributed by atoms with Crippen molar-refractivity contribution in [1.82, 2.24) is 10.3 Å². The minimum Gasteiger partial charge on any atom is -0.465 e. The van der Waals surface area contributed by atoms with Crippen molar-refractivity contribution >= 4 is 16.9 Å². The number of aromatic amines is 1. The standard InChI is InChI=1S/C14H16N2O2/c1-2-18-14(17)10-7-15-8-12-13(10)9-5-3-4-6-11(9)16-12/h3-6,10,15-16H,2,7-8H2,1H3/t10-/m1/s1. The number of H-pyrrole nitrogens is 1. The van der Waals surface area contributed by atoms with Crippen molar-refractivity contribution in [1.29, 1.82) is 0 Å². The van der Waals surface area contributed by atoms with Crippen LogP contribution in [0.3, 0.4) is 0 Å². The van der Waals surface area contributed by atoms with Crippen LogP contribution >= 0.6 is 0 Å². The molecular weight excluding hydrogens is 228 g/mol. The molecule has 1 aliphatic heterocycles. The summed E-state index contributed by atoms with van der Waals surface area (Å²) in [4.78, 5) is 15.4. The first-order chi connectivity index (χ1) is 8.81. The molecule has 0 saturated heterocycles. The summed E-state index contributed by atoms with van der Waals surface area (Å²) in [5.41, 5.74) is 3.28. The van der Waals surface area contributed by atoms with Gasteiger partial charge in [-0.25, -0.2) is 0 Å². The number of hydrogen-bond donors (Lipinski definition) is 2. The molecule has 2 aromatic rings. The largest absolute Gasteiger partial charge is 0.465 e. The highest BCUT2D eigenvalue weighted by Crippen LogP contribution is 2.32. The SMILES string of the molecule is CCOC(=O)[C@@H]1CNCc2[nH]c3ccccc3c21. The lowest BCUT2D eigenvalue weighted by Crippen LogP contribution is -2.33. The van der Waals surface area contributed by atoms with Crippen LogP contribution in [0.4, 0.5) is 0 Å². The summed E-state index contributed by atoms with van der Waals surface area (Å²) in [7, 11) is 0. The van der Waals surface area contributed by atoms with Crippen LogP contribution in [-0.2, 0) is 16.1 Å². The lowest BCUT2D eigenvalue weighted by Gasteiger charge is -2.22. The van der Waals surface area contributed by atoms with E-state index in [1.54, 1.807) is 0 Å². The Morgan fingerprint density at radius 1 is 1.44 bits per heavy atom. The van der Waals surface area contributed by atoms with Gasteiger partial charge in [0.15, 0.2) is 0 Å². The van der Waals surface area contributed by atoms with E-state index in [0.29, 0.717) is 13.2 Å². The van der Waals surface area contributed by atoms with Gasteiger partial charge in [0.2, 0.25) is 0 Å². The third-order valence-corrected chi connectivity index (χ3v) is 3.40. The summed E-state index contributed by atoms with van der Waals surface area (Å²) < 4.78 is 5.16. The Balaban J connectivity index is 2.11. The molecular formula is C14H16N2O2. The minimum absolute atomic E-state index is 0.143. The third kappa shape index (κ3) is 1.69. The molecule has 0 unspecified atom stereocenters. The van der Waals surface area contributed by atoms with Crippen LogP contribution in [0.1, 0.15) is 24.1 Å². The molecule has 3 rings (SSSR count). The van der Waals surface area contributed by atoms with Crippen LogP contribution in [0.2, 0.25) is 0 Å². The molecule has 94 valence electrons. The zero-order chi connectivity index (χ0) is 12.5. The van der Waals surface area contributed by atoms with Crippen molar-refractivity contribution in [2.24, 2.45) is 0 Å². The van der Waals surface area contributed by atoms with Gasteiger partial charge in [0.05, 0.1) is 12.5 Å². The number of aromatic nitrogens is 1. The summed E-state index contributed by atoms with van der Waals surface area (Å²) in [5.74, 6) is -0.347. The number of fused-ring (bicyclic) bond motifs is 3. The van der Waals surface area contributed by atoms with Crippen molar-refractivity contribution in [3.8, 4) is 0 Å². The normalized spacial score (nSPS) is 18.6. The van der Waals surface area contributed by atoms with Crippen molar-refractivity contribution in [2.75, 3.05) is 13.2 Å². The summed E-state index contributed by atoms with van der Waals surface area (Å²) in [5, 5.41) is 4.39. The molecule has 1 atom stereocenters. The summed E-state index contributed by atoms with van der Waals surface area (Å²) >= 11 is 0. The van der Waals surface area contributed by atoms with Crippen LogP contribution in [0.5, 0.6) is 0 Å². The molecule has 18 heavy (non-hydrogen) atoms. The topological polar surface area (TPSA) is 54.1 Å². The van der Waals surface area contributed by atoms with Gasteiger partial charge in [0, 0.05) is 29.7 Å². The predicted octanol–water partition coefficient (Wildman–Crippen LogP) is 1.92. The average molecular weight is 244 g/mol. The van der Waals surface area contributed by atoms with Crippen LogP contribution < -0.4 is 5.32 Å². The molecule has 4 nitrogen and oxygen atoms in total. The number of carbonyl (C=O) groups is 1. The first-order valence-corrected chi connectivity index (χ1v) is 6.28. The Bertz CT molecular complexity index is 588. The van der Waals surface area contributed by atoms with Gasteiger partial charge in [-0.05, 0) is 18.6 Å². The van der Waals surface area contributed by atoms with E-state index in [0.717, 1.165) is 28.7 Å². The van der Waals surface area contributed by atoms with Gasteiger partial charge in [0.25, 0.3) is 0 Å². The molecule has 1 aromatic carbocycles. The molecule has 0 spiro atoms. The summed E-state index contributed by atoms with van der Waals surface area (Å²) in [6.45, 7) is 3.69. The molecule has 2 heterocycles. The maximum atomic E-state index is 12.0. The number of esters is 1. The fourth-order valence-corrected chi connectivity index (χ4v) is 2.64. The second kappa shape index (κ2) is 4.46. The lowest BCUT2D eigenvalue weighted by atomic mass is 9.93. The number of hydrogen-bond acceptors (Lipinski definition) is 3. The average Bonchev–Trinajstić information content (AvgIpc) is 2.77. The molecule has 4 heteroatoms. The van der Waals surface area contributed by atoms with Crippen molar-refractivity contribution < 1.29 is 9.53 Å². The second-order valence-corrected chi connectivity index (χ2v) is 4.50. The number of benzene rings is 1. The molecule has 1 aliphatic rings. The molecule has 0 fully saturated rings. The number of ether oxygens (including phenoxy) is 1. The highest BCUT2D eigenvalue weighted by Gasteiger charge is 2.30. The van der Waals surface area contributed by atoms with Gasteiger partial charge < -0.3 is 15.0 Å². The Morgan fingerprint density at radius 2 is 2.28 bits per heavy atom. The van der Waals surface area contributed by atoms with Gasteiger partial charge in [-0.15, -0.1) is 0 Å². The van der Waals surface area contributed by atoms with Gasteiger partial charge in [-0.3, -0.25) is 4.79 Å². The molecule has 0 radical (unpaired) electrons. The van der Waals surface area contributed by atoms with E-state index >= 15 is 0 Å². The second-order valence-electron chi connectivity index (χ2n) is 4.50. The summed E-state index contributed by atoms with van der Waals surface area (Å²) in [6, 6.07) is 8.09. The van der Waals surface area contributed by atoms with E-state index in [-0.39, 0.29) is 11.9 Å². The number of carbonyl (C=O) groups excluding carboxylic acids is 1. The van der Waals surface area contributed by atoms with E-state index in [2.05, 4.69) is 16.4 Å². The highest BCUT2D eigenvalue weighted by atomic mass is 16.5. The Labute approximate surface area is 105 Å². The smallest absolute Gasteiger partial charge is 0.314 e. The fourth-order valence-electron chi connectivity index (χ4n) is 2.64. The molecule has 0 aliphatic carbocycles. The Morgan fingerprint density at radius 3 is 3.11 bits per heavy atom. The molecule has 0 amide bonds. The van der Waals surface area contributed by atoms with Crippen molar-refractivity contribution in [3.05, 3.63) is 35.5 Å². The summed E-state index contributed by atoms with van der Waals surface area (Å²) in [6.07, 6.45) is 0. The van der Waals surface area contributed by atoms with Gasteiger partial charge in [-0.1, -0.05) is 18.2 Å². The van der Waals surface area contributed by atoms with E-state index in [1.165, 1.54) is 0 Å². The lowest BCUT2D eigenvalue weighted by molar-refractivity contribution is -0.145. The highest BCUT2D eigenvalue weighted by molar-refractivity contribution is 5.91. The molecule has 0 bridgehead atoms. The molecule has 2 N–H and O–H groups in total. The maximum Gasteiger partial charge on any atom is 0.314 e.